The van der Waals surface area contributed by atoms with Crippen LogP contribution in [0.3, 0.4) is 0 Å². The van der Waals surface area contributed by atoms with E-state index in [0.717, 1.165) is 36.9 Å². The molecule has 0 saturated heterocycles. The van der Waals surface area contributed by atoms with Gasteiger partial charge in [0.15, 0.2) is 0 Å². The molecule has 0 atom stereocenters. The molecule has 8 heteroatoms. The Balaban J connectivity index is 1.71. The van der Waals surface area contributed by atoms with Crippen molar-refractivity contribution in [3.8, 4) is 0 Å². The molecule has 5 rings (SSSR count). The highest BCUT2D eigenvalue weighted by Crippen LogP contribution is 2.28. The SMILES string of the molecule is O=S(=O)(/N=c1\sn(C2CCCCC2)c(=NC2CCCCC2)n1Cc1ccccc1)c1ccccc1. The van der Waals surface area contributed by atoms with Gasteiger partial charge in [-0.15, -0.1) is 4.40 Å². The van der Waals surface area contributed by atoms with Crippen molar-refractivity contribution in [3.63, 3.8) is 0 Å². The van der Waals surface area contributed by atoms with E-state index in [2.05, 4.69) is 20.5 Å². The van der Waals surface area contributed by atoms with Crippen LogP contribution in [-0.2, 0) is 16.6 Å². The monoisotopic (exact) mass is 510 g/mol. The molecule has 0 N–H and O–H groups in total. The van der Waals surface area contributed by atoms with Crippen molar-refractivity contribution in [2.45, 2.75) is 87.7 Å². The molecule has 0 radical (unpaired) electrons. The first-order valence-electron chi connectivity index (χ1n) is 12.9. The molecule has 0 bridgehead atoms. The molecule has 35 heavy (non-hydrogen) atoms. The highest BCUT2D eigenvalue weighted by molar-refractivity contribution is 7.90. The molecule has 1 heterocycles. The van der Waals surface area contributed by atoms with Gasteiger partial charge in [0.25, 0.3) is 10.0 Å². The molecule has 0 aliphatic heterocycles. The zero-order valence-electron chi connectivity index (χ0n) is 20.1. The van der Waals surface area contributed by atoms with Crippen LogP contribution in [0.25, 0.3) is 0 Å². The minimum atomic E-state index is -3.84. The molecule has 2 fully saturated rings. The van der Waals surface area contributed by atoms with E-state index in [1.807, 2.05) is 28.8 Å². The smallest absolute Gasteiger partial charge is 0.281 e. The summed E-state index contributed by atoms with van der Waals surface area (Å²) in [6.07, 6.45) is 11.8. The second-order valence-corrected chi connectivity index (χ2v) is 12.2. The summed E-state index contributed by atoms with van der Waals surface area (Å²) in [5, 5.41) is 0. The lowest BCUT2D eigenvalue weighted by molar-refractivity contribution is 0.350. The third kappa shape index (κ3) is 5.86. The van der Waals surface area contributed by atoms with E-state index >= 15 is 0 Å². The summed E-state index contributed by atoms with van der Waals surface area (Å²) in [6.45, 7) is 0.547. The quantitative estimate of drug-likeness (QED) is 0.444. The number of aromatic nitrogens is 2. The predicted molar refractivity (Wildman–Crippen MR) is 140 cm³/mol. The van der Waals surface area contributed by atoms with Crippen molar-refractivity contribution in [1.82, 2.24) is 8.52 Å². The molecule has 0 amide bonds. The Morgan fingerprint density at radius 2 is 1.40 bits per heavy atom. The molecule has 2 aromatic carbocycles. The van der Waals surface area contributed by atoms with Gasteiger partial charge in [0.05, 0.1) is 17.5 Å². The first kappa shape index (κ1) is 24.3. The second-order valence-electron chi connectivity index (χ2n) is 9.66. The standard InChI is InChI=1S/C27H34N4O2S2/c32-35(33,25-19-11-4-12-20-25)29-27-30(21-22-13-5-1-6-14-22)26(28-23-15-7-2-8-16-23)31(34-27)24-17-9-3-10-18-24/h1,4-6,11-14,19-20,23-24H,2-3,7-10,15-18,21H2/b28-26?,29-27-. The van der Waals surface area contributed by atoms with Gasteiger partial charge in [-0.1, -0.05) is 87.1 Å². The molecule has 2 aliphatic rings. The minimum absolute atomic E-state index is 0.217. The summed E-state index contributed by atoms with van der Waals surface area (Å²) >= 11 is 1.46. The van der Waals surface area contributed by atoms with Crippen LogP contribution in [0.15, 0.2) is 74.9 Å². The average Bonchev–Trinajstić information content (AvgIpc) is 3.22. The van der Waals surface area contributed by atoms with Crippen LogP contribution in [0.2, 0.25) is 0 Å². The Morgan fingerprint density at radius 1 is 0.800 bits per heavy atom. The van der Waals surface area contributed by atoms with Crippen LogP contribution in [-0.4, -0.2) is 23.0 Å². The van der Waals surface area contributed by atoms with Gasteiger partial charge in [-0.25, -0.2) is 4.99 Å². The average molecular weight is 511 g/mol. The second kappa shape index (κ2) is 11.1. The van der Waals surface area contributed by atoms with E-state index < -0.39 is 10.0 Å². The fraction of sp³-hybridized carbons (Fsp3) is 0.481. The maximum absolute atomic E-state index is 13.3. The Morgan fingerprint density at radius 3 is 2.06 bits per heavy atom. The molecular formula is C27H34N4O2S2. The molecular weight excluding hydrogens is 476 g/mol. The third-order valence-electron chi connectivity index (χ3n) is 7.05. The van der Waals surface area contributed by atoms with E-state index in [1.165, 1.54) is 50.1 Å². The lowest BCUT2D eigenvalue weighted by atomic mass is 9.96. The molecule has 0 spiro atoms. The molecule has 6 nitrogen and oxygen atoms in total. The number of hydrogen-bond donors (Lipinski definition) is 0. The van der Waals surface area contributed by atoms with E-state index in [-0.39, 0.29) is 10.9 Å². The van der Waals surface area contributed by atoms with Gasteiger partial charge in [-0.2, -0.15) is 8.42 Å². The van der Waals surface area contributed by atoms with E-state index in [9.17, 15) is 8.42 Å². The van der Waals surface area contributed by atoms with E-state index in [1.54, 1.807) is 24.3 Å². The fourth-order valence-electron chi connectivity index (χ4n) is 5.15. The Hall–Kier alpha value is -2.45. The van der Waals surface area contributed by atoms with Gasteiger partial charge in [0.2, 0.25) is 10.4 Å². The van der Waals surface area contributed by atoms with Crippen molar-refractivity contribution >= 4 is 21.6 Å². The van der Waals surface area contributed by atoms with Gasteiger partial charge in [-0.3, -0.25) is 8.52 Å². The zero-order chi connectivity index (χ0) is 24.1. The molecule has 2 saturated carbocycles. The van der Waals surface area contributed by atoms with Crippen LogP contribution < -0.4 is 10.4 Å². The molecule has 0 unspecified atom stereocenters. The first-order valence-corrected chi connectivity index (χ1v) is 15.1. The Kier molecular flexibility index (Phi) is 7.68. The van der Waals surface area contributed by atoms with Crippen LogP contribution in [0.1, 0.15) is 75.8 Å². The molecule has 3 aromatic rings. The largest absolute Gasteiger partial charge is 0.285 e. The summed E-state index contributed by atoms with van der Waals surface area (Å²) in [5.74, 6) is 0. The highest BCUT2D eigenvalue weighted by Gasteiger charge is 2.23. The fourth-order valence-corrected chi connectivity index (χ4v) is 7.50. The number of rotatable bonds is 6. The maximum atomic E-state index is 13.3. The number of nitrogens with zero attached hydrogens (tertiary/aromatic N) is 4. The molecule has 186 valence electrons. The van der Waals surface area contributed by atoms with E-state index in [0.29, 0.717) is 17.4 Å². The summed E-state index contributed by atoms with van der Waals surface area (Å²) in [4.78, 5) is 6.01. The van der Waals surface area contributed by atoms with Crippen molar-refractivity contribution in [2.75, 3.05) is 0 Å². The summed E-state index contributed by atoms with van der Waals surface area (Å²) in [5.41, 5.74) is 2.00. The molecule has 1 aromatic heterocycles. The highest BCUT2D eigenvalue weighted by atomic mass is 32.2. The van der Waals surface area contributed by atoms with Gasteiger partial charge in [0.1, 0.15) is 0 Å². The first-order chi connectivity index (χ1) is 17.1. The maximum Gasteiger partial charge on any atom is 0.285 e. The lowest BCUT2D eigenvalue weighted by Gasteiger charge is -2.23. The van der Waals surface area contributed by atoms with Crippen LogP contribution in [0.4, 0.5) is 0 Å². The number of hydrogen-bond acceptors (Lipinski definition) is 4. The lowest BCUT2D eigenvalue weighted by Crippen LogP contribution is -2.35. The number of sulfonamides is 1. The van der Waals surface area contributed by atoms with Gasteiger partial charge >= 0.3 is 0 Å². The van der Waals surface area contributed by atoms with Crippen molar-refractivity contribution in [1.29, 1.82) is 0 Å². The van der Waals surface area contributed by atoms with Crippen molar-refractivity contribution in [2.24, 2.45) is 9.39 Å². The van der Waals surface area contributed by atoms with Crippen molar-refractivity contribution in [3.05, 3.63) is 76.6 Å². The Labute approximate surface area is 211 Å². The van der Waals surface area contributed by atoms with Gasteiger partial charge in [-0.05, 0) is 54.9 Å². The van der Waals surface area contributed by atoms with E-state index in [4.69, 9.17) is 4.99 Å². The number of benzene rings is 2. The topological polar surface area (TPSA) is 68.7 Å². The van der Waals surface area contributed by atoms with Crippen LogP contribution in [0, 0.1) is 0 Å². The summed E-state index contributed by atoms with van der Waals surface area (Å²) in [6, 6.07) is 19.3. The van der Waals surface area contributed by atoms with Crippen LogP contribution >= 0.6 is 11.5 Å². The predicted octanol–water partition coefficient (Wildman–Crippen LogP) is 5.43. The van der Waals surface area contributed by atoms with Crippen molar-refractivity contribution < 1.29 is 8.42 Å². The van der Waals surface area contributed by atoms with Crippen LogP contribution in [0.5, 0.6) is 0 Å². The van der Waals surface area contributed by atoms with Gasteiger partial charge < -0.3 is 0 Å². The zero-order valence-corrected chi connectivity index (χ0v) is 21.8. The summed E-state index contributed by atoms with van der Waals surface area (Å²) < 4.78 is 35.3. The third-order valence-corrected chi connectivity index (χ3v) is 9.58. The summed E-state index contributed by atoms with van der Waals surface area (Å²) in [7, 11) is -3.84. The minimum Gasteiger partial charge on any atom is -0.281 e. The molecule has 2 aliphatic carbocycles. The normalized spacial score (nSPS) is 19.3. The van der Waals surface area contributed by atoms with Gasteiger partial charge in [0, 0.05) is 6.04 Å². The Bertz CT molecular complexity index is 1340.